The average Bonchev–Trinajstić information content (AvgIpc) is 2.84. The van der Waals surface area contributed by atoms with E-state index in [2.05, 4.69) is 61.5 Å². The third-order valence-electron chi connectivity index (χ3n) is 3.14. The molecule has 0 aliphatic heterocycles. The van der Waals surface area contributed by atoms with Crippen molar-refractivity contribution in [3.63, 3.8) is 0 Å². The summed E-state index contributed by atoms with van der Waals surface area (Å²) in [6.45, 7) is 2.20. The molecule has 26 heavy (non-hydrogen) atoms. The molecule has 142 valence electrons. The summed E-state index contributed by atoms with van der Waals surface area (Å²) in [5.74, 6) is 0. The van der Waals surface area contributed by atoms with Gasteiger partial charge in [-0.15, -0.1) is 0 Å². The number of fused-ring (bicyclic) bond motifs is 1. The van der Waals surface area contributed by atoms with E-state index in [1.807, 2.05) is 0 Å². The Morgan fingerprint density at radius 2 is 1.19 bits per heavy atom. The molecule has 0 amide bonds. The van der Waals surface area contributed by atoms with E-state index in [4.69, 9.17) is 68.1 Å². The van der Waals surface area contributed by atoms with Crippen molar-refractivity contribution in [1.29, 1.82) is 0 Å². The number of hydrogen-bond acceptors (Lipinski definition) is 0. The second-order valence-electron chi connectivity index (χ2n) is 5.27. The van der Waals surface area contributed by atoms with Crippen molar-refractivity contribution < 1.29 is 31.0 Å². The molecule has 0 nitrogen and oxygen atoms in total. The van der Waals surface area contributed by atoms with Gasteiger partial charge in [0, 0.05) is 0 Å². The summed E-state index contributed by atoms with van der Waals surface area (Å²) in [5, 5.41) is 0. The number of hydrogen-bond donors (Lipinski definition) is 0. The Kier molecular flexibility index (Phi) is 12.3. The van der Waals surface area contributed by atoms with Gasteiger partial charge >= 0.3 is 99.1 Å². The van der Waals surface area contributed by atoms with Gasteiger partial charge < -0.3 is 0 Å². The van der Waals surface area contributed by atoms with Gasteiger partial charge in [-0.05, 0) is 35.6 Å². The molecule has 0 saturated carbocycles. The van der Waals surface area contributed by atoms with Crippen LogP contribution in [0.15, 0.2) is 54.1 Å². The topological polar surface area (TPSA) is 0 Å². The van der Waals surface area contributed by atoms with Crippen LogP contribution in [-0.4, -0.2) is 0 Å². The van der Waals surface area contributed by atoms with Crippen LogP contribution in [0.4, 0.5) is 0 Å². The van der Waals surface area contributed by atoms with Crippen molar-refractivity contribution in [3.05, 3.63) is 65.2 Å². The number of allylic oxidation sites excluding steroid dienone is 1. The molecule has 3 rings (SSSR count). The molecule has 0 fully saturated rings. The fraction of sp³-hybridized carbons (Fsp3) is 0.125. The molecule has 0 radical (unpaired) electrons. The molecule has 0 saturated heterocycles. The van der Waals surface area contributed by atoms with Gasteiger partial charge in [0.2, 0.25) is 0 Å². The molecular formula is C16H14Cl8Zr2. The van der Waals surface area contributed by atoms with E-state index < -0.39 is 31.0 Å². The van der Waals surface area contributed by atoms with Gasteiger partial charge in [-0.25, -0.2) is 0 Å². The summed E-state index contributed by atoms with van der Waals surface area (Å²) in [6.07, 6.45) is 3.42. The van der Waals surface area contributed by atoms with Gasteiger partial charge in [-0.1, -0.05) is 60.2 Å². The van der Waals surface area contributed by atoms with Gasteiger partial charge in [-0.2, -0.15) is 0 Å². The molecular weight excluding hydrogens is 658 g/mol. The first-order valence-electron chi connectivity index (χ1n) is 7.20. The summed E-state index contributed by atoms with van der Waals surface area (Å²) < 4.78 is 0. The quantitative estimate of drug-likeness (QED) is 0.283. The predicted octanol–water partition coefficient (Wildman–Crippen LogP) is 9.82. The van der Waals surface area contributed by atoms with Crippen molar-refractivity contribution in [2.24, 2.45) is 0 Å². The van der Waals surface area contributed by atoms with Crippen LogP contribution in [0.1, 0.15) is 18.1 Å². The molecule has 0 aromatic heterocycles. The maximum absolute atomic E-state index is 5.04. The average molecular weight is 672 g/mol. The predicted molar refractivity (Wildman–Crippen MR) is 116 cm³/mol. The summed E-state index contributed by atoms with van der Waals surface area (Å²) in [7, 11) is 40.3. The van der Waals surface area contributed by atoms with E-state index in [-0.39, 0.29) is 0 Å². The molecule has 0 N–H and O–H groups in total. The first-order valence-corrected chi connectivity index (χ1v) is 32.5. The van der Waals surface area contributed by atoms with Gasteiger partial charge in [0.1, 0.15) is 0 Å². The Balaban J connectivity index is 0.000000284. The van der Waals surface area contributed by atoms with Crippen molar-refractivity contribution in [1.82, 2.24) is 0 Å². The van der Waals surface area contributed by atoms with E-state index >= 15 is 0 Å². The third kappa shape index (κ3) is 12.7. The zero-order chi connectivity index (χ0) is 20.0. The van der Waals surface area contributed by atoms with Gasteiger partial charge in [0.05, 0.1) is 0 Å². The van der Waals surface area contributed by atoms with Gasteiger partial charge in [0.25, 0.3) is 0 Å². The van der Waals surface area contributed by atoms with Gasteiger partial charge in [0.15, 0.2) is 0 Å². The van der Waals surface area contributed by atoms with Crippen LogP contribution < -0.4 is 0 Å². The minimum absolute atomic E-state index is 1.11. The molecule has 0 unspecified atom stereocenters. The summed E-state index contributed by atoms with van der Waals surface area (Å²) in [6, 6.07) is 17.2. The van der Waals surface area contributed by atoms with Crippen LogP contribution >= 0.6 is 68.1 Å². The zero-order valence-corrected chi connectivity index (χ0v) is 24.4. The fourth-order valence-corrected chi connectivity index (χ4v) is 2.40. The van der Waals surface area contributed by atoms with E-state index in [0.29, 0.717) is 0 Å². The maximum atomic E-state index is 5.04. The van der Waals surface area contributed by atoms with Crippen LogP contribution in [0.25, 0.3) is 17.2 Å². The second-order valence-corrected chi connectivity index (χ2v) is 50.1. The van der Waals surface area contributed by atoms with E-state index in [9.17, 15) is 0 Å². The Morgan fingerprint density at radius 3 is 1.69 bits per heavy atom. The zero-order valence-electron chi connectivity index (χ0n) is 13.4. The molecule has 0 spiro atoms. The molecule has 1 aliphatic carbocycles. The molecule has 0 atom stereocenters. The van der Waals surface area contributed by atoms with Crippen molar-refractivity contribution in [2.75, 3.05) is 0 Å². The standard InChI is InChI=1S/C16H14.8ClH.2Zr/c1-12-10-14-8-5-9-15(16(14)11-12)13-6-3-2-4-7-13;;;;;;;;;;/h2-9,11H,10H2,1H3;8*1H;;/q;;;;;;;;;2*+4/p-8. The summed E-state index contributed by atoms with van der Waals surface area (Å²) >= 11 is -6.58. The van der Waals surface area contributed by atoms with E-state index in [1.54, 1.807) is 0 Å². The molecule has 2 aromatic carbocycles. The van der Waals surface area contributed by atoms with Crippen LogP contribution in [0, 0.1) is 0 Å². The monoisotopic (exact) mass is 666 g/mol. The normalized spacial score (nSPS) is 12.9. The summed E-state index contributed by atoms with van der Waals surface area (Å²) in [4.78, 5) is 0. The van der Waals surface area contributed by atoms with Gasteiger partial charge in [-0.3, -0.25) is 0 Å². The van der Waals surface area contributed by atoms with Crippen molar-refractivity contribution in [2.45, 2.75) is 13.3 Å². The Bertz CT molecular complexity index is 712. The first-order chi connectivity index (χ1) is 11.8. The Labute approximate surface area is 191 Å². The Morgan fingerprint density at radius 1 is 0.692 bits per heavy atom. The van der Waals surface area contributed by atoms with E-state index in [1.165, 1.54) is 27.8 Å². The Hall–Kier alpha value is 2.27. The second kappa shape index (κ2) is 12.2. The fourth-order valence-electron chi connectivity index (χ4n) is 2.40. The van der Waals surface area contributed by atoms with E-state index in [0.717, 1.165) is 6.42 Å². The molecule has 0 bridgehead atoms. The molecule has 10 heteroatoms. The number of halogens is 8. The third-order valence-corrected chi connectivity index (χ3v) is 3.14. The molecule has 0 heterocycles. The molecule has 2 aromatic rings. The van der Waals surface area contributed by atoms with Crippen LogP contribution in [0.5, 0.6) is 0 Å². The van der Waals surface area contributed by atoms with Crippen LogP contribution in [0.3, 0.4) is 0 Å². The number of rotatable bonds is 1. The van der Waals surface area contributed by atoms with Crippen LogP contribution in [0.2, 0.25) is 0 Å². The van der Waals surface area contributed by atoms with Crippen molar-refractivity contribution in [3.8, 4) is 11.1 Å². The molecule has 1 aliphatic rings. The summed E-state index contributed by atoms with van der Waals surface area (Å²) in [5.41, 5.74) is 6.99. The SMILES string of the molecule is CC1=Cc2c(cccc2-c2ccccc2)C1.[Cl][Zr]([Cl])([Cl])[Cl].[Cl][Zr]([Cl])([Cl])[Cl]. The first kappa shape index (κ1) is 26.3. The number of benzene rings is 2. The van der Waals surface area contributed by atoms with Crippen molar-refractivity contribution >= 4 is 74.2 Å². The minimum atomic E-state index is -3.29. The van der Waals surface area contributed by atoms with Crippen LogP contribution in [-0.2, 0) is 37.4 Å².